The van der Waals surface area contributed by atoms with Gasteiger partial charge in [0.2, 0.25) is 0 Å². The second kappa shape index (κ2) is 4.26. The fourth-order valence-corrected chi connectivity index (χ4v) is 1.84. The minimum atomic E-state index is 0.379. The molecule has 8 heteroatoms. The van der Waals surface area contributed by atoms with Gasteiger partial charge in [0.1, 0.15) is 17.3 Å². The van der Waals surface area contributed by atoms with E-state index in [4.69, 9.17) is 11.6 Å². The summed E-state index contributed by atoms with van der Waals surface area (Å²) in [6.07, 6.45) is 5.18. The third-order valence-electron chi connectivity index (χ3n) is 2.45. The maximum Gasteiger partial charge on any atom is 0.255 e. The van der Waals surface area contributed by atoms with E-state index >= 15 is 0 Å². The van der Waals surface area contributed by atoms with E-state index < -0.39 is 0 Å². The van der Waals surface area contributed by atoms with Crippen LogP contribution in [0, 0.1) is 0 Å². The highest BCUT2D eigenvalue weighted by molar-refractivity contribution is 6.29. The van der Waals surface area contributed by atoms with E-state index in [-0.39, 0.29) is 0 Å². The summed E-state index contributed by atoms with van der Waals surface area (Å²) in [4.78, 5) is 8.05. The molecule has 0 saturated carbocycles. The lowest BCUT2D eigenvalue weighted by Crippen LogP contribution is -2.05. The summed E-state index contributed by atoms with van der Waals surface area (Å²) >= 11 is 5.92. The highest BCUT2D eigenvalue weighted by Gasteiger charge is 2.06. The van der Waals surface area contributed by atoms with Crippen molar-refractivity contribution in [2.45, 2.75) is 6.54 Å². The summed E-state index contributed by atoms with van der Waals surface area (Å²) in [6, 6.07) is 1.71. The fourth-order valence-electron chi connectivity index (χ4n) is 1.67. The SMILES string of the molecule is Cn1cc(CNc2cc(Cl)nc3ncnn23)cn1. The van der Waals surface area contributed by atoms with Gasteiger partial charge in [0.25, 0.3) is 5.78 Å². The lowest BCUT2D eigenvalue weighted by atomic mass is 10.3. The van der Waals surface area contributed by atoms with Crippen LogP contribution >= 0.6 is 11.6 Å². The zero-order chi connectivity index (χ0) is 12.5. The summed E-state index contributed by atoms with van der Waals surface area (Å²) in [6.45, 7) is 0.628. The molecule has 0 bridgehead atoms. The van der Waals surface area contributed by atoms with Gasteiger partial charge in [-0.2, -0.15) is 24.7 Å². The first-order valence-electron chi connectivity index (χ1n) is 5.30. The summed E-state index contributed by atoms with van der Waals surface area (Å²) in [5.41, 5.74) is 1.07. The second-order valence-corrected chi connectivity index (χ2v) is 4.20. The van der Waals surface area contributed by atoms with Crippen LogP contribution in [0.4, 0.5) is 5.82 Å². The van der Waals surface area contributed by atoms with E-state index in [9.17, 15) is 0 Å². The van der Waals surface area contributed by atoms with Crippen LogP contribution in [0.2, 0.25) is 5.15 Å². The first-order chi connectivity index (χ1) is 8.72. The Morgan fingerprint density at radius 1 is 1.39 bits per heavy atom. The Balaban J connectivity index is 1.87. The molecule has 0 fully saturated rings. The fraction of sp³-hybridized carbons (Fsp3) is 0.200. The molecule has 18 heavy (non-hydrogen) atoms. The molecule has 0 aliphatic carbocycles. The van der Waals surface area contributed by atoms with Crippen LogP contribution in [-0.4, -0.2) is 29.4 Å². The van der Waals surface area contributed by atoms with Gasteiger partial charge in [-0.1, -0.05) is 11.6 Å². The van der Waals surface area contributed by atoms with Crippen LogP contribution in [0.15, 0.2) is 24.8 Å². The van der Waals surface area contributed by atoms with Crippen molar-refractivity contribution in [2.75, 3.05) is 5.32 Å². The van der Waals surface area contributed by atoms with E-state index in [1.165, 1.54) is 6.33 Å². The third kappa shape index (κ3) is 2.00. The van der Waals surface area contributed by atoms with Gasteiger partial charge in [-0.25, -0.2) is 0 Å². The molecule has 0 aliphatic rings. The van der Waals surface area contributed by atoms with Gasteiger partial charge in [0, 0.05) is 31.4 Å². The molecule has 3 aromatic heterocycles. The maximum absolute atomic E-state index is 5.92. The zero-order valence-corrected chi connectivity index (χ0v) is 10.3. The minimum absolute atomic E-state index is 0.379. The van der Waals surface area contributed by atoms with Crippen molar-refractivity contribution in [3.8, 4) is 0 Å². The van der Waals surface area contributed by atoms with Crippen molar-refractivity contribution in [1.29, 1.82) is 0 Å². The molecular formula is C10H10ClN7. The molecule has 3 rings (SSSR count). The van der Waals surface area contributed by atoms with E-state index in [0.29, 0.717) is 17.5 Å². The Morgan fingerprint density at radius 3 is 3.06 bits per heavy atom. The van der Waals surface area contributed by atoms with Gasteiger partial charge < -0.3 is 5.32 Å². The second-order valence-electron chi connectivity index (χ2n) is 3.81. The molecule has 0 spiro atoms. The van der Waals surface area contributed by atoms with Crippen molar-refractivity contribution in [2.24, 2.45) is 7.05 Å². The van der Waals surface area contributed by atoms with Crippen LogP contribution in [-0.2, 0) is 13.6 Å². The molecule has 0 atom stereocenters. The van der Waals surface area contributed by atoms with Gasteiger partial charge in [-0.3, -0.25) is 4.68 Å². The summed E-state index contributed by atoms with van der Waals surface area (Å²) in [7, 11) is 1.88. The van der Waals surface area contributed by atoms with Gasteiger partial charge in [0.15, 0.2) is 0 Å². The van der Waals surface area contributed by atoms with Crippen LogP contribution in [0.1, 0.15) is 5.56 Å². The summed E-state index contributed by atoms with van der Waals surface area (Å²) < 4.78 is 3.35. The first-order valence-corrected chi connectivity index (χ1v) is 5.68. The van der Waals surface area contributed by atoms with E-state index in [1.807, 2.05) is 13.2 Å². The Hall–Kier alpha value is -2.15. The molecule has 0 amide bonds. The zero-order valence-electron chi connectivity index (χ0n) is 9.58. The number of fused-ring (bicyclic) bond motifs is 1. The molecule has 0 unspecified atom stereocenters. The maximum atomic E-state index is 5.92. The normalized spacial score (nSPS) is 11.0. The Morgan fingerprint density at radius 2 is 2.28 bits per heavy atom. The highest BCUT2D eigenvalue weighted by Crippen LogP contribution is 2.15. The van der Waals surface area contributed by atoms with E-state index in [2.05, 4.69) is 25.5 Å². The quantitative estimate of drug-likeness (QED) is 0.717. The molecule has 3 heterocycles. The van der Waals surface area contributed by atoms with Crippen LogP contribution in [0.25, 0.3) is 5.78 Å². The van der Waals surface area contributed by atoms with Crippen LogP contribution in [0.5, 0.6) is 0 Å². The highest BCUT2D eigenvalue weighted by atomic mass is 35.5. The van der Waals surface area contributed by atoms with E-state index in [1.54, 1.807) is 21.5 Å². The Bertz CT molecular complexity index is 686. The lowest BCUT2D eigenvalue weighted by molar-refractivity contribution is 0.767. The minimum Gasteiger partial charge on any atom is -0.366 e. The Kier molecular flexibility index (Phi) is 2.60. The summed E-state index contributed by atoms with van der Waals surface area (Å²) in [5, 5.41) is 11.8. The Labute approximate surface area is 107 Å². The van der Waals surface area contributed by atoms with Gasteiger partial charge in [-0.15, -0.1) is 0 Å². The van der Waals surface area contributed by atoms with E-state index in [0.717, 1.165) is 11.4 Å². The molecule has 0 aliphatic heterocycles. The largest absolute Gasteiger partial charge is 0.366 e. The molecule has 1 N–H and O–H groups in total. The molecule has 0 saturated heterocycles. The van der Waals surface area contributed by atoms with Crippen molar-refractivity contribution >= 4 is 23.2 Å². The molecule has 0 aromatic carbocycles. The first kappa shape index (κ1) is 11.0. The number of aryl methyl sites for hydroxylation is 1. The molecule has 7 nitrogen and oxygen atoms in total. The lowest BCUT2D eigenvalue weighted by Gasteiger charge is -2.06. The summed E-state index contributed by atoms with van der Waals surface area (Å²) in [5.74, 6) is 1.21. The molecule has 3 aromatic rings. The molecule has 92 valence electrons. The van der Waals surface area contributed by atoms with Gasteiger partial charge >= 0.3 is 0 Å². The number of hydrogen-bond acceptors (Lipinski definition) is 5. The monoisotopic (exact) mass is 263 g/mol. The van der Waals surface area contributed by atoms with Crippen molar-refractivity contribution in [3.63, 3.8) is 0 Å². The number of nitrogens with zero attached hydrogens (tertiary/aromatic N) is 6. The average molecular weight is 264 g/mol. The predicted molar refractivity (Wildman–Crippen MR) is 66.3 cm³/mol. The standard InChI is InChI=1S/C10H10ClN7/c1-17-5-7(4-14-17)3-12-9-2-8(11)16-10-13-6-15-18(9)10/h2,4-6,12H,3H2,1H3. The van der Waals surface area contributed by atoms with Crippen molar-refractivity contribution in [3.05, 3.63) is 35.5 Å². The van der Waals surface area contributed by atoms with Crippen molar-refractivity contribution < 1.29 is 0 Å². The topological polar surface area (TPSA) is 72.9 Å². The number of halogens is 1. The average Bonchev–Trinajstić information content (AvgIpc) is 2.94. The van der Waals surface area contributed by atoms with Crippen LogP contribution < -0.4 is 5.32 Å². The number of nitrogens with one attached hydrogen (secondary N) is 1. The van der Waals surface area contributed by atoms with Gasteiger partial charge in [-0.05, 0) is 0 Å². The smallest absolute Gasteiger partial charge is 0.255 e. The molecule has 0 radical (unpaired) electrons. The number of hydrogen-bond donors (Lipinski definition) is 1. The predicted octanol–water partition coefficient (Wildman–Crippen LogP) is 1.12. The van der Waals surface area contributed by atoms with Gasteiger partial charge in [0.05, 0.1) is 6.20 Å². The molecular weight excluding hydrogens is 254 g/mol. The number of rotatable bonds is 3. The third-order valence-corrected chi connectivity index (χ3v) is 2.65. The van der Waals surface area contributed by atoms with Crippen LogP contribution in [0.3, 0.4) is 0 Å². The van der Waals surface area contributed by atoms with Crippen molar-refractivity contribution in [1.82, 2.24) is 29.4 Å². The number of anilines is 1. The number of aromatic nitrogens is 6.